The molecule has 0 radical (unpaired) electrons. The van der Waals surface area contributed by atoms with Crippen molar-refractivity contribution in [1.82, 2.24) is 25.0 Å². The number of para-hydroxylation sites is 1. The molecule has 2 aromatic carbocycles. The molecule has 1 amide bonds. The average molecular weight is 464 g/mol. The van der Waals surface area contributed by atoms with Crippen molar-refractivity contribution in [2.45, 2.75) is 25.7 Å². The molecule has 4 rings (SSSR count). The Labute approximate surface area is 190 Å². The maximum Gasteiger partial charge on any atom is 0.278 e. The first-order chi connectivity index (χ1) is 15.7. The van der Waals surface area contributed by atoms with Gasteiger partial charge < -0.3 is 5.32 Å². The van der Waals surface area contributed by atoms with E-state index < -0.39 is 15.9 Å². The second-order valence-corrected chi connectivity index (χ2v) is 8.97. The van der Waals surface area contributed by atoms with Gasteiger partial charge in [-0.15, -0.1) is 5.10 Å². The third-order valence-corrected chi connectivity index (χ3v) is 5.98. The molecule has 0 aliphatic carbocycles. The summed E-state index contributed by atoms with van der Waals surface area (Å²) in [6, 6.07) is 16.6. The smallest absolute Gasteiger partial charge is 0.278 e. The normalized spacial score (nSPS) is 11.2. The fraction of sp³-hybridized carbons (Fsp3) is 0.136. The lowest BCUT2D eigenvalue weighted by Gasteiger charge is -2.09. The maximum atomic E-state index is 12.7. The monoisotopic (exact) mass is 463 g/mol. The molecule has 0 saturated carbocycles. The molecule has 0 saturated heterocycles. The van der Waals surface area contributed by atoms with Gasteiger partial charge in [0, 0.05) is 17.4 Å². The van der Waals surface area contributed by atoms with Crippen LogP contribution in [0.3, 0.4) is 0 Å². The van der Waals surface area contributed by atoms with Crippen LogP contribution in [0.1, 0.15) is 27.7 Å². The van der Waals surface area contributed by atoms with Crippen molar-refractivity contribution in [1.29, 1.82) is 0 Å². The Morgan fingerprint density at radius 1 is 0.909 bits per heavy atom. The van der Waals surface area contributed by atoms with Gasteiger partial charge in [-0.3, -0.25) is 9.52 Å². The zero-order valence-electron chi connectivity index (χ0n) is 18.1. The first-order valence-corrected chi connectivity index (χ1v) is 11.5. The minimum atomic E-state index is -3.86. The average Bonchev–Trinajstić information content (AvgIpc) is 3.15. The molecule has 0 unspecified atom stereocenters. The third-order valence-electron chi connectivity index (χ3n) is 4.61. The van der Waals surface area contributed by atoms with E-state index in [2.05, 4.69) is 30.2 Å². The number of benzene rings is 2. The highest BCUT2D eigenvalue weighted by Gasteiger charge is 2.18. The number of carbonyl (C=O) groups is 1. The molecule has 11 heteroatoms. The highest BCUT2D eigenvalue weighted by molar-refractivity contribution is 7.92. The lowest BCUT2D eigenvalue weighted by atomic mass is 10.3. The zero-order chi connectivity index (χ0) is 23.6. The van der Waals surface area contributed by atoms with Crippen molar-refractivity contribution in [3.63, 3.8) is 0 Å². The number of sulfonamides is 1. The Bertz CT molecular complexity index is 1400. The van der Waals surface area contributed by atoms with Crippen LogP contribution >= 0.6 is 0 Å². The van der Waals surface area contributed by atoms with Gasteiger partial charge in [0.1, 0.15) is 11.6 Å². The summed E-state index contributed by atoms with van der Waals surface area (Å²) >= 11 is 0. The molecule has 2 aromatic heterocycles. The number of rotatable bonds is 6. The van der Waals surface area contributed by atoms with Crippen molar-refractivity contribution in [3.8, 4) is 5.69 Å². The summed E-state index contributed by atoms with van der Waals surface area (Å²) in [7, 11) is -3.86. The number of aromatic nitrogens is 5. The van der Waals surface area contributed by atoms with Crippen molar-refractivity contribution in [2.24, 2.45) is 0 Å². The fourth-order valence-electron chi connectivity index (χ4n) is 3.14. The first kappa shape index (κ1) is 22.1. The Morgan fingerprint density at radius 2 is 1.61 bits per heavy atom. The van der Waals surface area contributed by atoms with E-state index in [1.165, 1.54) is 29.1 Å². The maximum absolute atomic E-state index is 12.7. The van der Waals surface area contributed by atoms with Crippen LogP contribution in [0, 0.1) is 20.8 Å². The summed E-state index contributed by atoms with van der Waals surface area (Å²) in [6.45, 7) is 5.13. The van der Waals surface area contributed by atoms with E-state index in [0.717, 1.165) is 5.69 Å². The number of nitrogens with one attached hydrogen (secondary N) is 2. The van der Waals surface area contributed by atoms with E-state index in [-0.39, 0.29) is 16.4 Å². The van der Waals surface area contributed by atoms with Crippen molar-refractivity contribution >= 4 is 27.4 Å². The summed E-state index contributed by atoms with van der Waals surface area (Å²) < 4.78 is 27.8. The van der Waals surface area contributed by atoms with Crippen LogP contribution in [-0.4, -0.2) is 39.3 Å². The van der Waals surface area contributed by atoms with Gasteiger partial charge >= 0.3 is 0 Å². The molecule has 0 aliphatic heterocycles. The number of nitrogens with zero attached hydrogens (tertiary/aromatic N) is 5. The van der Waals surface area contributed by atoms with Crippen LogP contribution in [0.5, 0.6) is 0 Å². The van der Waals surface area contributed by atoms with E-state index in [1.54, 1.807) is 26.8 Å². The molecule has 33 heavy (non-hydrogen) atoms. The number of hydrogen-bond acceptors (Lipinski definition) is 7. The molecule has 0 atom stereocenters. The van der Waals surface area contributed by atoms with Gasteiger partial charge in [-0.2, -0.15) is 9.90 Å². The SMILES string of the molecule is Cc1cc(NS(=O)(=O)c2ccc(NC(=O)c3nn(-c4ccccc4)nc3C)cc2)nc(C)n1. The third kappa shape index (κ3) is 5.04. The molecular weight excluding hydrogens is 442 g/mol. The fourth-order valence-corrected chi connectivity index (χ4v) is 4.13. The van der Waals surface area contributed by atoms with Crippen molar-refractivity contribution < 1.29 is 13.2 Å². The summed E-state index contributed by atoms with van der Waals surface area (Å²) in [5.41, 5.74) is 2.44. The topological polar surface area (TPSA) is 132 Å². The zero-order valence-corrected chi connectivity index (χ0v) is 19.0. The van der Waals surface area contributed by atoms with Gasteiger partial charge in [0.25, 0.3) is 15.9 Å². The minimum absolute atomic E-state index is 0.0284. The van der Waals surface area contributed by atoms with Crippen LogP contribution in [0.25, 0.3) is 5.69 Å². The second kappa shape index (κ2) is 8.79. The minimum Gasteiger partial charge on any atom is -0.321 e. The van der Waals surface area contributed by atoms with Crippen LogP contribution in [-0.2, 0) is 10.0 Å². The molecule has 168 valence electrons. The van der Waals surface area contributed by atoms with E-state index in [0.29, 0.717) is 22.9 Å². The molecule has 0 bridgehead atoms. The molecule has 10 nitrogen and oxygen atoms in total. The Morgan fingerprint density at radius 3 is 2.27 bits per heavy atom. The van der Waals surface area contributed by atoms with E-state index in [9.17, 15) is 13.2 Å². The molecule has 4 aromatic rings. The number of carbonyl (C=O) groups excluding carboxylic acids is 1. The Hall–Kier alpha value is -4.12. The lowest BCUT2D eigenvalue weighted by Crippen LogP contribution is -2.16. The molecule has 2 heterocycles. The number of anilines is 2. The van der Waals surface area contributed by atoms with E-state index in [4.69, 9.17) is 0 Å². The standard InChI is InChI=1S/C22H21N7O3S/c1-14-13-20(24-16(3)23-14)28-33(31,32)19-11-9-17(10-12-19)25-22(30)21-15(2)26-29(27-21)18-7-5-4-6-8-18/h4-13H,1-3H3,(H,25,30)(H,23,24,28). The molecular formula is C22H21N7O3S. The van der Waals surface area contributed by atoms with Gasteiger partial charge in [0.05, 0.1) is 16.3 Å². The summed E-state index contributed by atoms with van der Waals surface area (Å²) in [6.07, 6.45) is 0. The number of amides is 1. The van der Waals surface area contributed by atoms with Crippen LogP contribution < -0.4 is 10.0 Å². The van der Waals surface area contributed by atoms with Gasteiger partial charge in [-0.25, -0.2) is 18.4 Å². The molecule has 0 spiro atoms. The van der Waals surface area contributed by atoms with Gasteiger partial charge in [-0.05, 0) is 57.2 Å². The summed E-state index contributed by atoms with van der Waals surface area (Å²) in [5.74, 6) is 0.204. The van der Waals surface area contributed by atoms with Crippen LogP contribution in [0.2, 0.25) is 0 Å². The largest absolute Gasteiger partial charge is 0.321 e. The second-order valence-electron chi connectivity index (χ2n) is 7.28. The van der Waals surface area contributed by atoms with Crippen molar-refractivity contribution in [2.75, 3.05) is 10.0 Å². The Kier molecular flexibility index (Phi) is 5.88. The molecule has 2 N–H and O–H groups in total. The van der Waals surface area contributed by atoms with Crippen LogP contribution in [0.15, 0.2) is 65.6 Å². The Balaban J connectivity index is 1.48. The predicted molar refractivity (Wildman–Crippen MR) is 123 cm³/mol. The number of hydrogen-bond donors (Lipinski definition) is 2. The number of aryl methyl sites for hydroxylation is 3. The van der Waals surface area contributed by atoms with E-state index in [1.807, 2.05) is 30.3 Å². The predicted octanol–water partition coefficient (Wildman–Crippen LogP) is 3.04. The highest BCUT2D eigenvalue weighted by atomic mass is 32.2. The first-order valence-electron chi connectivity index (χ1n) is 9.97. The highest BCUT2D eigenvalue weighted by Crippen LogP contribution is 2.19. The van der Waals surface area contributed by atoms with Crippen molar-refractivity contribution in [3.05, 3.63) is 83.6 Å². The molecule has 0 aliphatic rings. The van der Waals surface area contributed by atoms with Gasteiger partial charge in [0.15, 0.2) is 5.69 Å². The summed E-state index contributed by atoms with van der Waals surface area (Å²) in [4.78, 5) is 22.3. The summed E-state index contributed by atoms with van der Waals surface area (Å²) in [5, 5.41) is 11.3. The molecule has 0 fully saturated rings. The quantitative estimate of drug-likeness (QED) is 0.449. The van der Waals surface area contributed by atoms with Gasteiger partial charge in [0.2, 0.25) is 0 Å². The van der Waals surface area contributed by atoms with E-state index >= 15 is 0 Å². The van der Waals surface area contributed by atoms with Crippen LogP contribution in [0.4, 0.5) is 11.5 Å². The lowest BCUT2D eigenvalue weighted by molar-refractivity contribution is 0.102. The van der Waals surface area contributed by atoms with Gasteiger partial charge in [-0.1, -0.05) is 18.2 Å².